The number of amides is 1. The highest BCUT2D eigenvalue weighted by Gasteiger charge is 2.03. The zero-order valence-corrected chi connectivity index (χ0v) is 7.98. The second kappa shape index (κ2) is 5.10. The molecule has 6 heteroatoms. The van der Waals surface area contributed by atoms with E-state index in [2.05, 4.69) is 10.1 Å². The number of carbonyl (C=O) groups excluding carboxylic acids is 1. The molecule has 0 atom stereocenters. The lowest BCUT2D eigenvalue weighted by atomic mass is 10.6. The Hall–Kier alpha value is -0.620. The van der Waals surface area contributed by atoms with E-state index in [0.717, 1.165) is 6.26 Å². The summed E-state index contributed by atoms with van der Waals surface area (Å²) in [4.78, 5) is 10.7. The molecule has 0 aromatic carbocycles. The fourth-order valence-corrected chi connectivity index (χ4v) is 1.03. The normalized spacial score (nSPS) is 11.2. The van der Waals surface area contributed by atoms with Gasteiger partial charge in [-0.15, -0.1) is 0 Å². The zero-order chi connectivity index (χ0) is 9.61. The van der Waals surface area contributed by atoms with Crippen molar-refractivity contribution in [2.24, 2.45) is 0 Å². The van der Waals surface area contributed by atoms with Crippen molar-refractivity contribution in [3.63, 3.8) is 0 Å². The lowest BCUT2D eigenvalue weighted by Crippen LogP contribution is -2.31. The Labute approximate surface area is 72.0 Å². The molecule has 5 nitrogen and oxygen atoms in total. The summed E-state index contributed by atoms with van der Waals surface area (Å²) in [6, 6.07) is 0. The topological polar surface area (TPSA) is 72.5 Å². The van der Waals surface area contributed by atoms with Crippen LogP contribution in [0, 0.1) is 0 Å². The van der Waals surface area contributed by atoms with Crippen LogP contribution >= 0.6 is 0 Å². The van der Waals surface area contributed by atoms with Gasteiger partial charge in [0.2, 0.25) is 5.91 Å². The first-order valence-electron chi connectivity index (χ1n) is 3.39. The fraction of sp³-hybridized carbons (Fsp3) is 0.833. The standard InChI is InChI=1S/C6H13NO4S/c1-11-5-6(8)7-3-4-12(2,9)10/h3-5H2,1-2H3,(H,7,8). The van der Waals surface area contributed by atoms with Gasteiger partial charge < -0.3 is 10.1 Å². The smallest absolute Gasteiger partial charge is 0.246 e. The molecule has 0 rings (SSSR count). The lowest BCUT2D eigenvalue weighted by Gasteiger charge is -2.02. The maximum Gasteiger partial charge on any atom is 0.246 e. The molecule has 0 aliphatic heterocycles. The first kappa shape index (κ1) is 11.4. The minimum absolute atomic E-state index is 0.0379. The number of rotatable bonds is 5. The molecule has 0 radical (unpaired) electrons. The molecule has 0 saturated carbocycles. The van der Waals surface area contributed by atoms with Crippen molar-refractivity contribution >= 4 is 15.7 Å². The molecular formula is C6H13NO4S. The summed E-state index contributed by atoms with van der Waals surface area (Å²) in [6.07, 6.45) is 1.12. The van der Waals surface area contributed by atoms with E-state index in [9.17, 15) is 13.2 Å². The first-order chi connectivity index (χ1) is 5.45. The van der Waals surface area contributed by atoms with Crippen LogP contribution in [0.3, 0.4) is 0 Å². The molecule has 72 valence electrons. The second-order valence-electron chi connectivity index (χ2n) is 2.41. The van der Waals surface area contributed by atoms with Gasteiger partial charge in [0.25, 0.3) is 0 Å². The molecule has 0 aromatic rings. The molecule has 0 aromatic heterocycles. The minimum atomic E-state index is -2.99. The summed E-state index contributed by atoms with van der Waals surface area (Å²) in [5.74, 6) is -0.344. The van der Waals surface area contributed by atoms with E-state index in [1.54, 1.807) is 0 Å². The average molecular weight is 195 g/mol. The van der Waals surface area contributed by atoms with Crippen molar-refractivity contribution < 1.29 is 17.9 Å². The maximum absolute atomic E-state index is 10.7. The quantitative estimate of drug-likeness (QED) is 0.597. The third kappa shape index (κ3) is 7.49. The van der Waals surface area contributed by atoms with E-state index >= 15 is 0 Å². The summed E-state index contributed by atoms with van der Waals surface area (Å²) in [5.41, 5.74) is 0. The highest BCUT2D eigenvalue weighted by atomic mass is 32.2. The molecule has 0 aliphatic rings. The summed E-state index contributed by atoms with van der Waals surface area (Å²) in [6.45, 7) is 0.102. The van der Waals surface area contributed by atoms with Gasteiger partial charge in [0.15, 0.2) is 0 Å². The van der Waals surface area contributed by atoms with Gasteiger partial charge in [0, 0.05) is 19.9 Å². The van der Waals surface area contributed by atoms with Crippen molar-refractivity contribution in [1.29, 1.82) is 0 Å². The number of nitrogens with one attached hydrogen (secondary N) is 1. The van der Waals surface area contributed by atoms with Gasteiger partial charge in [-0.1, -0.05) is 0 Å². The van der Waals surface area contributed by atoms with E-state index in [0.29, 0.717) is 0 Å². The Kier molecular flexibility index (Phi) is 4.84. The average Bonchev–Trinajstić information content (AvgIpc) is 1.84. The van der Waals surface area contributed by atoms with E-state index in [4.69, 9.17) is 0 Å². The summed E-state index contributed by atoms with van der Waals surface area (Å²) in [5, 5.41) is 2.40. The molecule has 1 amide bonds. The molecule has 0 saturated heterocycles. The van der Waals surface area contributed by atoms with E-state index < -0.39 is 9.84 Å². The van der Waals surface area contributed by atoms with Crippen LogP contribution in [-0.4, -0.2) is 46.6 Å². The highest BCUT2D eigenvalue weighted by molar-refractivity contribution is 7.90. The van der Waals surface area contributed by atoms with Crippen molar-refractivity contribution in [2.75, 3.05) is 32.3 Å². The number of methoxy groups -OCH3 is 1. The van der Waals surface area contributed by atoms with Crippen LogP contribution in [0.1, 0.15) is 0 Å². The number of sulfone groups is 1. The van der Waals surface area contributed by atoms with Gasteiger partial charge in [-0.05, 0) is 0 Å². The van der Waals surface area contributed by atoms with Crippen LogP contribution in [0.25, 0.3) is 0 Å². The zero-order valence-electron chi connectivity index (χ0n) is 7.16. The molecule has 1 N–H and O–H groups in total. The van der Waals surface area contributed by atoms with Crippen LogP contribution in [0.15, 0.2) is 0 Å². The van der Waals surface area contributed by atoms with Crippen LogP contribution < -0.4 is 5.32 Å². The van der Waals surface area contributed by atoms with Crippen LogP contribution in [0.5, 0.6) is 0 Å². The highest BCUT2D eigenvalue weighted by Crippen LogP contribution is 1.79. The van der Waals surface area contributed by atoms with Gasteiger partial charge in [-0.3, -0.25) is 4.79 Å². The molecule has 0 heterocycles. The number of ether oxygens (including phenoxy) is 1. The van der Waals surface area contributed by atoms with Gasteiger partial charge in [0.05, 0.1) is 5.75 Å². The maximum atomic E-state index is 10.7. The SMILES string of the molecule is COCC(=O)NCCS(C)(=O)=O. The van der Waals surface area contributed by atoms with Crippen molar-refractivity contribution in [2.45, 2.75) is 0 Å². The van der Waals surface area contributed by atoms with Gasteiger partial charge in [-0.2, -0.15) is 0 Å². The van der Waals surface area contributed by atoms with Crippen molar-refractivity contribution in [1.82, 2.24) is 5.32 Å². The Morgan fingerprint density at radius 3 is 2.50 bits per heavy atom. The van der Waals surface area contributed by atoms with E-state index in [1.165, 1.54) is 7.11 Å². The summed E-state index contributed by atoms with van der Waals surface area (Å²) < 4.78 is 25.7. The van der Waals surface area contributed by atoms with Crippen molar-refractivity contribution in [3.05, 3.63) is 0 Å². The second-order valence-corrected chi connectivity index (χ2v) is 4.67. The Morgan fingerprint density at radius 1 is 1.50 bits per heavy atom. The molecule has 0 aliphatic carbocycles. The molecular weight excluding hydrogens is 182 g/mol. The third-order valence-electron chi connectivity index (χ3n) is 1.07. The summed E-state index contributed by atoms with van der Waals surface area (Å²) >= 11 is 0. The van der Waals surface area contributed by atoms with Crippen LogP contribution in [0.4, 0.5) is 0 Å². The first-order valence-corrected chi connectivity index (χ1v) is 5.45. The Bertz CT molecular complexity index is 234. The van der Waals surface area contributed by atoms with Crippen LogP contribution in [-0.2, 0) is 19.4 Å². The molecule has 0 unspecified atom stereocenters. The van der Waals surface area contributed by atoms with Crippen molar-refractivity contribution in [3.8, 4) is 0 Å². The molecule has 12 heavy (non-hydrogen) atoms. The Balaban J connectivity index is 3.51. The lowest BCUT2D eigenvalue weighted by molar-refractivity contribution is -0.124. The van der Waals surface area contributed by atoms with Gasteiger partial charge in [-0.25, -0.2) is 8.42 Å². The fourth-order valence-electron chi connectivity index (χ4n) is 0.558. The largest absolute Gasteiger partial charge is 0.375 e. The Morgan fingerprint density at radius 2 is 2.08 bits per heavy atom. The van der Waals surface area contributed by atoms with E-state index in [-0.39, 0.29) is 24.8 Å². The van der Waals surface area contributed by atoms with E-state index in [1.807, 2.05) is 0 Å². The van der Waals surface area contributed by atoms with Crippen LogP contribution in [0.2, 0.25) is 0 Å². The predicted molar refractivity (Wildman–Crippen MR) is 44.6 cm³/mol. The van der Waals surface area contributed by atoms with Gasteiger partial charge >= 0.3 is 0 Å². The molecule has 0 bridgehead atoms. The number of carbonyl (C=O) groups is 1. The monoisotopic (exact) mass is 195 g/mol. The molecule has 0 fully saturated rings. The minimum Gasteiger partial charge on any atom is -0.375 e. The summed E-state index contributed by atoms with van der Waals surface area (Å²) in [7, 11) is -1.59. The van der Waals surface area contributed by atoms with Gasteiger partial charge in [0.1, 0.15) is 16.4 Å². The number of hydrogen-bond acceptors (Lipinski definition) is 4. The third-order valence-corrected chi connectivity index (χ3v) is 2.02. The number of hydrogen-bond donors (Lipinski definition) is 1. The predicted octanol–water partition coefficient (Wildman–Crippen LogP) is -1.21. The molecule has 0 spiro atoms.